The fourth-order valence-corrected chi connectivity index (χ4v) is 2.15. The molecule has 2 rings (SSSR count). The van der Waals surface area contributed by atoms with E-state index in [1.165, 1.54) is 5.56 Å². The molecule has 0 spiro atoms. The van der Waals surface area contributed by atoms with Gasteiger partial charge >= 0.3 is 0 Å². The third kappa shape index (κ3) is 3.91. The van der Waals surface area contributed by atoms with Crippen molar-refractivity contribution in [3.05, 3.63) is 64.4 Å². The van der Waals surface area contributed by atoms with Gasteiger partial charge in [-0.1, -0.05) is 28.1 Å². The van der Waals surface area contributed by atoms with E-state index in [0.717, 1.165) is 16.6 Å². The average molecular weight is 307 g/mol. The summed E-state index contributed by atoms with van der Waals surface area (Å²) >= 11 is 3.44. The van der Waals surface area contributed by atoms with Crippen LogP contribution in [0.1, 0.15) is 17.2 Å². The number of hydrogen-bond donors (Lipinski definition) is 2. The fraction of sp³-hybridized carbons (Fsp3) is 0.214. The minimum Gasteiger partial charge on any atom is -0.387 e. The van der Waals surface area contributed by atoms with Crippen molar-refractivity contribution in [1.29, 1.82) is 0 Å². The highest BCUT2D eigenvalue weighted by molar-refractivity contribution is 9.10. The predicted octanol–water partition coefficient (Wildman–Crippen LogP) is 2.67. The van der Waals surface area contributed by atoms with E-state index in [2.05, 4.69) is 38.4 Å². The Morgan fingerprint density at radius 2 is 2.00 bits per heavy atom. The topological polar surface area (TPSA) is 45.1 Å². The van der Waals surface area contributed by atoms with Crippen molar-refractivity contribution in [3.8, 4) is 0 Å². The Morgan fingerprint density at radius 3 is 2.72 bits per heavy atom. The fourth-order valence-electron chi connectivity index (χ4n) is 1.70. The second-order valence-electron chi connectivity index (χ2n) is 4.06. The van der Waals surface area contributed by atoms with Crippen molar-refractivity contribution in [2.45, 2.75) is 12.6 Å². The van der Waals surface area contributed by atoms with Crippen LogP contribution in [0.3, 0.4) is 0 Å². The standard InChI is InChI=1S/C14H15BrN2O/c15-13-3-1-2-11(8-13)9-17-10-14(18)12-4-6-16-7-5-12/h1-8,14,17-18H,9-10H2. The number of aromatic nitrogens is 1. The zero-order valence-electron chi connectivity index (χ0n) is 9.88. The molecule has 0 aliphatic rings. The van der Waals surface area contributed by atoms with Gasteiger partial charge in [-0.05, 0) is 35.4 Å². The van der Waals surface area contributed by atoms with Crippen molar-refractivity contribution < 1.29 is 5.11 Å². The minimum absolute atomic E-state index is 0.500. The molecule has 2 N–H and O–H groups in total. The van der Waals surface area contributed by atoms with E-state index in [0.29, 0.717) is 6.54 Å². The van der Waals surface area contributed by atoms with Crippen LogP contribution in [0, 0.1) is 0 Å². The Balaban J connectivity index is 1.82. The van der Waals surface area contributed by atoms with Crippen LogP contribution in [0.15, 0.2) is 53.3 Å². The highest BCUT2D eigenvalue weighted by atomic mass is 79.9. The van der Waals surface area contributed by atoms with Gasteiger partial charge in [0.15, 0.2) is 0 Å². The Morgan fingerprint density at radius 1 is 1.22 bits per heavy atom. The Kier molecular flexibility index (Phi) is 4.87. The van der Waals surface area contributed by atoms with E-state index in [9.17, 15) is 5.11 Å². The first-order valence-electron chi connectivity index (χ1n) is 5.79. The molecule has 94 valence electrons. The molecule has 0 saturated heterocycles. The van der Waals surface area contributed by atoms with Crippen LogP contribution >= 0.6 is 15.9 Å². The Hall–Kier alpha value is -1.23. The van der Waals surface area contributed by atoms with Crippen LogP contribution in [0.2, 0.25) is 0 Å². The van der Waals surface area contributed by atoms with Gasteiger partial charge in [-0.2, -0.15) is 0 Å². The number of nitrogens with one attached hydrogen (secondary N) is 1. The normalized spacial score (nSPS) is 12.3. The second kappa shape index (κ2) is 6.64. The summed E-state index contributed by atoms with van der Waals surface area (Å²) in [7, 11) is 0. The summed E-state index contributed by atoms with van der Waals surface area (Å²) in [6.07, 6.45) is 2.87. The van der Waals surface area contributed by atoms with Crippen LogP contribution in [0.4, 0.5) is 0 Å². The van der Waals surface area contributed by atoms with Gasteiger partial charge in [0.25, 0.3) is 0 Å². The van der Waals surface area contributed by atoms with Gasteiger partial charge in [0.1, 0.15) is 0 Å². The summed E-state index contributed by atoms with van der Waals surface area (Å²) in [5.74, 6) is 0. The van der Waals surface area contributed by atoms with Crippen LogP contribution in [-0.2, 0) is 6.54 Å². The SMILES string of the molecule is OC(CNCc1cccc(Br)c1)c1ccncc1. The molecule has 0 bridgehead atoms. The lowest BCUT2D eigenvalue weighted by Crippen LogP contribution is -2.21. The zero-order valence-corrected chi connectivity index (χ0v) is 11.5. The number of halogens is 1. The van der Waals surface area contributed by atoms with Crippen molar-refractivity contribution >= 4 is 15.9 Å². The first-order chi connectivity index (χ1) is 8.75. The molecular weight excluding hydrogens is 292 g/mol. The van der Waals surface area contributed by atoms with Crippen LogP contribution in [0.25, 0.3) is 0 Å². The van der Waals surface area contributed by atoms with Crippen LogP contribution < -0.4 is 5.32 Å². The minimum atomic E-state index is -0.500. The number of aliphatic hydroxyl groups excluding tert-OH is 1. The van der Waals surface area contributed by atoms with Crippen molar-refractivity contribution in [3.63, 3.8) is 0 Å². The van der Waals surface area contributed by atoms with Gasteiger partial charge in [-0.25, -0.2) is 0 Å². The van der Waals surface area contributed by atoms with Gasteiger partial charge in [0, 0.05) is 30.0 Å². The van der Waals surface area contributed by atoms with Gasteiger partial charge < -0.3 is 10.4 Å². The van der Waals surface area contributed by atoms with E-state index >= 15 is 0 Å². The molecule has 3 nitrogen and oxygen atoms in total. The van der Waals surface area contributed by atoms with Crippen LogP contribution in [-0.4, -0.2) is 16.6 Å². The molecule has 1 heterocycles. The molecule has 1 aromatic carbocycles. The maximum absolute atomic E-state index is 9.95. The van der Waals surface area contributed by atoms with E-state index in [-0.39, 0.29) is 0 Å². The summed E-state index contributed by atoms with van der Waals surface area (Å²) < 4.78 is 1.07. The summed E-state index contributed by atoms with van der Waals surface area (Å²) in [4.78, 5) is 3.93. The largest absolute Gasteiger partial charge is 0.387 e. The zero-order chi connectivity index (χ0) is 12.8. The Labute approximate surface area is 115 Å². The lowest BCUT2D eigenvalue weighted by atomic mass is 10.1. The molecule has 0 aliphatic heterocycles. The van der Waals surface area contributed by atoms with Crippen molar-refractivity contribution in [1.82, 2.24) is 10.3 Å². The first kappa shape index (κ1) is 13.2. The third-order valence-electron chi connectivity index (χ3n) is 2.65. The highest BCUT2D eigenvalue weighted by Crippen LogP contribution is 2.12. The molecule has 1 unspecified atom stereocenters. The Bertz CT molecular complexity index is 490. The van der Waals surface area contributed by atoms with E-state index < -0.39 is 6.10 Å². The number of nitrogens with zero attached hydrogens (tertiary/aromatic N) is 1. The predicted molar refractivity (Wildman–Crippen MR) is 75.0 cm³/mol. The molecule has 0 saturated carbocycles. The molecule has 2 aromatic rings. The van der Waals surface area contributed by atoms with E-state index in [4.69, 9.17) is 0 Å². The third-order valence-corrected chi connectivity index (χ3v) is 3.14. The molecule has 0 amide bonds. The molecular formula is C14H15BrN2O. The summed E-state index contributed by atoms with van der Waals surface area (Å²) in [5, 5.41) is 13.2. The summed E-state index contributed by atoms with van der Waals surface area (Å²) in [6.45, 7) is 1.26. The first-order valence-corrected chi connectivity index (χ1v) is 6.58. The summed E-state index contributed by atoms with van der Waals surface area (Å²) in [6, 6.07) is 11.8. The molecule has 0 radical (unpaired) electrons. The number of benzene rings is 1. The van der Waals surface area contributed by atoms with Crippen molar-refractivity contribution in [2.75, 3.05) is 6.54 Å². The molecule has 18 heavy (non-hydrogen) atoms. The van der Waals surface area contributed by atoms with E-state index in [1.807, 2.05) is 24.3 Å². The molecule has 1 atom stereocenters. The molecule has 0 aliphatic carbocycles. The molecule has 0 fully saturated rings. The van der Waals surface area contributed by atoms with Gasteiger partial charge in [0.05, 0.1) is 6.10 Å². The van der Waals surface area contributed by atoms with Crippen molar-refractivity contribution in [2.24, 2.45) is 0 Å². The lowest BCUT2D eigenvalue weighted by molar-refractivity contribution is 0.174. The monoisotopic (exact) mass is 306 g/mol. The summed E-state index contributed by atoms with van der Waals surface area (Å²) in [5.41, 5.74) is 2.07. The van der Waals surface area contributed by atoms with Crippen LogP contribution in [0.5, 0.6) is 0 Å². The van der Waals surface area contributed by atoms with Gasteiger partial charge in [-0.15, -0.1) is 0 Å². The number of pyridine rings is 1. The lowest BCUT2D eigenvalue weighted by Gasteiger charge is -2.12. The van der Waals surface area contributed by atoms with Gasteiger partial charge in [-0.3, -0.25) is 4.98 Å². The number of aliphatic hydroxyl groups is 1. The number of hydrogen-bond acceptors (Lipinski definition) is 3. The molecule has 1 aromatic heterocycles. The highest BCUT2D eigenvalue weighted by Gasteiger charge is 2.05. The smallest absolute Gasteiger partial charge is 0.0915 e. The van der Waals surface area contributed by atoms with E-state index in [1.54, 1.807) is 12.4 Å². The molecule has 4 heteroatoms. The maximum atomic E-state index is 9.95. The maximum Gasteiger partial charge on any atom is 0.0915 e. The second-order valence-corrected chi connectivity index (χ2v) is 4.97. The van der Waals surface area contributed by atoms with Gasteiger partial charge in [0.2, 0.25) is 0 Å². The number of rotatable bonds is 5. The average Bonchev–Trinajstić information content (AvgIpc) is 2.40. The quantitative estimate of drug-likeness (QED) is 0.892.